The normalized spacial score (nSPS) is 26.8. The number of rotatable bonds is 5. The van der Waals surface area contributed by atoms with E-state index in [1.807, 2.05) is 25.2 Å². The monoisotopic (exact) mass is 276 g/mol. The molecule has 1 aliphatic rings. The quantitative estimate of drug-likeness (QED) is 0.891. The Balaban J connectivity index is 2.07. The third kappa shape index (κ3) is 3.95. The maximum atomic E-state index is 6.25. The summed E-state index contributed by atoms with van der Waals surface area (Å²) in [6, 6.07) is 6.05. The minimum Gasteiger partial charge on any atom is -0.474 e. The van der Waals surface area contributed by atoms with Crippen LogP contribution in [0.1, 0.15) is 45.7 Å². The molecular formula is C17H28N2O. The number of ether oxygens (including phenoxy) is 1. The molecule has 1 saturated carbocycles. The molecule has 1 aromatic rings. The molecule has 3 nitrogen and oxygen atoms in total. The van der Waals surface area contributed by atoms with Gasteiger partial charge in [-0.05, 0) is 43.7 Å². The van der Waals surface area contributed by atoms with Gasteiger partial charge < -0.3 is 10.1 Å². The zero-order valence-electron chi connectivity index (χ0n) is 13.2. The fourth-order valence-corrected chi connectivity index (χ4v) is 3.21. The molecule has 0 saturated heterocycles. The van der Waals surface area contributed by atoms with Crippen LogP contribution in [-0.2, 0) is 6.54 Å². The molecule has 1 fully saturated rings. The van der Waals surface area contributed by atoms with E-state index < -0.39 is 0 Å². The van der Waals surface area contributed by atoms with Crippen molar-refractivity contribution >= 4 is 0 Å². The number of nitrogens with one attached hydrogen (secondary N) is 1. The summed E-state index contributed by atoms with van der Waals surface area (Å²) in [5.74, 6) is 2.87. The van der Waals surface area contributed by atoms with Crippen molar-refractivity contribution in [1.29, 1.82) is 0 Å². The van der Waals surface area contributed by atoms with Gasteiger partial charge in [0.2, 0.25) is 5.88 Å². The second-order valence-electron chi connectivity index (χ2n) is 6.48. The minimum absolute atomic E-state index is 0.316. The molecule has 1 aliphatic carbocycles. The van der Waals surface area contributed by atoms with Crippen molar-refractivity contribution in [3.63, 3.8) is 0 Å². The van der Waals surface area contributed by atoms with Crippen LogP contribution in [0, 0.1) is 17.8 Å². The lowest BCUT2D eigenvalue weighted by Crippen LogP contribution is -2.36. The van der Waals surface area contributed by atoms with Crippen LogP contribution in [0.15, 0.2) is 18.2 Å². The Hall–Kier alpha value is -1.09. The fraction of sp³-hybridized carbons (Fsp3) is 0.706. The summed E-state index contributed by atoms with van der Waals surface area (Å²) in [5.41, 5.74) is 1.04. The first-order valence-corrected chi connectivity index (χ1v) is 7.87. The highest BCUT2D eigenvalue weighted by Crippen LogP contribution is 2.35. The minimum atomic E-state index is 0.316. The number of nitrogens with zero attached hydrogens (tertiary/aromatic N) is 1. The standard InChI is InChI=1S/C17H28N2O/c1-12(2)15-9-8-13(3)10-16(15)20-17-7-5-6-14(19-17)11-18-4/h5-7,12-13,15-16,18H,8-11H2,1-4H3. The Bertz CT molecular complexity index is 419. The van der Waals surface area contributed by atoms with Crippen molar-refractivity contribution < 1.29 is 4.74 Å². The first-order chi connectivity index (χ1) is 9.60. The van der Waals surface area contributed by atoms with E-state index in [0.717, 1.165) is 30.5 Å². The first kappa shape index (κ1) is 15.3. The lowest BCUT2D eigenvalue weighted by molar-refractivity contribution is 0.0425. The van der Waals surface area contributed by atoms with Crippen LogP contribution in [0.4, 0.5) is 0 Å². The molecule has 3 unspecified atom stereocenters. The average Bonchev–Trinajstić information content (AvgIpc) is 2.39. The van der Waals surface area contributed by atoms with Gasteiger partial charge >= 0.3 is 0 Å². The van der Waals surface area contributed by atoms with Crippen LogP contribution in [0.2, 0.25) is 0 Å². The maximum absolute atomic E-state index is 6.25. The number of pyridine rings is 1. The average molecular weight is 276 g/mol. The lowest BCUT2D eigenvalue weighted by atomic mass is 9.75. The predicted molar refractivity (Wildman–Crippen MR) is 82.8 cm³/mol. The predicted octanol–water partition coefficient (Wildman–Crippen LogP) is 3.64. The highest BCUT2D eigenvalue weighted by atomic mass is 16.5. The van der Waals surface area contributed by atoms with Gasteiger partial charge in [-0.25, -0.2) is 4.98 Å². The van der Waals surface area contributed by atoms with Gasteiger partial charge in [-0.3, -0.25) is 0 Å². The van der Waals surface area contributed by atoms with Gasteiger partial charge in [-0.2, -0.15) is 0 Å². The van der Waals surface area contributed by atoms with Crippen molar-refractivity contribution in [2.45, 2.75) is 52.7 Å². The van der Waals surface area contributed by atoms with Crippen LogP contribution in [0.3, 0.4) is 0 Å². The Labute approximate surface area is 123 Å². The molecule has 0 amide bonds. The summed E-state index contributed by atoms with van der Waals surface area (Å²) in [6.45, 7) is 7.73. The van der Waals surface area contributed by atoms with Crippen molar-refractivity contribution in [3.05, 3.63) is 23.9 Å². The van der Waals surface area contributed by atoms with Gasteiger partial charge in [0.25, 0.3) is 0 Å². The van der Waals surface area contributed by atoms with Gasteiger partial charge in [0.1, 0.15) is 6.10 Å². The molecule has 0 radical (unpaired) electrons. The Morgan fingerprint density at radius 1 is 1.35 bits per heavy atom. The fourth-order valence-electron chi connectivity index (χ4n) is 3.21. The highest BCUT2D eigenvalue weighted by Gasteiger charge is 2.32. The summed E-state index contributed by atoms with van der Waals surface area (Å²) < 4.78 is 6.25. The molecule has 1 aromatic heterocycles. The first-order valence-electron chi connectivity index (χ1n) is 7.87. The van der Waals surface area contributed by atoms with Crippen LogP contribution >= 0.6 is 0 Å². The topological polar surface area (TPSA) is 34.1 Å². The van der Waals surface area contributed by atoms with E-state index in [-0.39, 0.29) is 0 Å². The highest BCUT2D eigenvalue weighted by molar-refractivity contribution is 5.16. The molecule has 3 heteroatoms. The SMILES string of the molecule is CNCc1cccc(OC2CC(C)CCC2C(C)C)n1. The summed E-state index contributed by atoms with van der Waals surface area (Å²) in [5, 5.41) is 3.13. The molecule has 0 bridgehead atoms. The van der Waals surface area contributed by atoms with Crippen molar-refractivity contribution in [2.24, 2.45) is 17.8 Å². The molecule has 1 heterocycles. The summed E-state index contributed by atoms with van der Waals surface area (Å²) in [4.78, 5) is 4.59. The smallest absolute Gasteiger partial charge is 0.213 e. The van der Waals surface area contributed by atoms with Crippen molar-refractivity contribution in [2.75, 3.05) is 7.05 Å². The van der Waals surface area contributed by atoms with E-state index >= 15 is 0 Å². The van der Waals surface area contributed by atoms with E-state index in [4.69, 9.17) is 4.74 Å². The summed E-state index contributed by atoms with van der Waals surface area (Å²) >= 11 is 0. The Morgan fingerprint density at radius 3 is 2.85 bits per heavy atom. The molecule has 2 rings (SSSR count). The van der Waals surface area contributed by atoms with E-state index in [1.165, 1.54) is 12.8 Å². The molecule has 0 aromatic carbocycles. The third-order valence-corrected chi connectivity index (χ3v) is 4.37. The van der Waals surface area contributed by atoms with Gasteiger partial charge in [0, 0.05) is 12.6 Å². The largest absolute Gasteiger partial charge is 0.474 e. The van der Waals surface area contributed by atoms with Crippen molar-refractivity contribution in [3.8, 4) is 5.88 Å². The number of hydrogen-bond acceptors (Lipinski definition) is 3. The van der Waals surface area contributed by atoms with Gasteiger partial charge in [0.15, 0.2) is 0 Å². The van der Waals surface area contributed by atoms with E-state index in [9.17, 15) is 0 Å². The van der Waals surface area contributed by atoms with Gasteiger partial charge in [0.05, 0.1) is 5.69 Å². The summed E-state index contributed by atoms with van der Waals surface area (Å²) in [6.07, 6.45) is 4.08. The molecule has 20 heavy (non-hydrogen) atoms. The lowest BCUT2D eigenvalue weighted by Gasteiger charge is -2.37. The Morgan fingerprint density at radius 2 is 2.15 bits per heavy atom. The van der Waals surface area contributed by atoms with E-state index in [2.05, 4.69) is 31.1 Å². The Kier molecular flexibility index (Phi) is 5.41. The number of hydrogen-bond donors (Lipinski definition) is 1. The third-order valence-electron chi connectivity index (χ3n) is 4.37. The number of aromatic nitrogens is 1. The second kappa shape index (κ2) is 7.07. The molecule has 1 N–H and O–H groups in total. The zero-order valence-corrected chi connectivity index (χ0v) is 13.2. The zero-order chi connectivity index (χ0) is 14.5. The van der Waals surface area contributed by atoms with Gasteiger partial charge in [-0.1, -0.05) is 33.3 Å². The molecule has 112 valence electrons. The summed E-state index contributed by atoms with van der Waals surface area (Å²) in [7, 11) is 1.94. The van der Waals surface area contributed by atoms with Crippen LogP contribution < -0.4 is 10.1 Å². The maximum Gasteiger partial charge on any atom is 0.213 e. The van der Waals surface area contributed by atoms with Crippen molar-refractivity contribution in [1.82, 2.24) is 10.3 Å². The molecule has 0 aliphatic heterocycles. The van der Waals surface area contributed by atoms with Crippen LogP contribution in [0.25, 0.3) is 0 Å². The second-order valence-corrected chi connectivity index (χ2v) is 6.48. The molecular weight excluding hydrogens is 248 g/mol. The van der Waals surface area contributed by atoms with Crippen LogP contribution in [-0.4, -0.2) is 18.1 Å². The van der Waals surface area contributed by atoms with E-state index in [0.29, 0.717) is 17.9 Å². The van der Waals surface area contributed by atoms with Gasteiger partial charge in [-0.15, -0.1) is 0 Å². The molecule has 0 spiro atoms. The van der Waals surface area contributed by atoms with E-state index in [1.54, 1.807) is 0 Å². The molecule has 3 atom stereocenters. The van der Waals surface area contributed by atoms with Crippen LogP contribution in [0.5, 0.6) is 5.88 Å².